The van der Waals surface area contributed by atoms with Crippen molar-refractivity contribution < 1.29 is 14.3 Å². The number of benzene rings is 1. The molecule has 0 aliphatic carbocycles. The minimum Gasteiger partial charge on any atom is -0.486 e. The van der Waals surface area contributed by atoms with Crippen LogP contribution in [0.25, 0.3) is 0 Å². The number of aromatic nitrogens is 1. The fourth-order valence-electron chi connectivity index (χ4n) is 2.50. The number of carbonyl (C=O) groups is 1. The lowest BCUT2D eigenvalue weighted by molar-refractivity contribution is -0.115. The smallest absolute Gasteiger partial charge is 0.228 e. The lowest BCUT2D eigenvalue weighted by Gasteiger charge is -2.20. The number of ether oxygens (including phenoxy) is 2. The highest BCUT2D eigenvalue weighted by Crippen LogP contribution is 2.38. The zero-order valence-electron chi connectivity index (χ0n) is 13.5. The van der Waals surface area contributed by atoms with Crippen LogP contribution in [0.4, 0.5) is 11.5 Å². The molecule has 0 radical (unpaired) electrons. The molecule has 0 bridgehead atoms. The SMILES string of the molecule is CN(C)c1ncccc1NC(=O)Cc1cc(Cl)c2c(c1)OCCO2. The van der Waals surface area contributed by atoms with E-state index in [1.165, 1.54) is 0 Å². The van der Waals surface area contributed by atoms with Crippen molar-refractivity contribution in [3.63, 3.8) is 0 Å². The number of amides is 1. The van der Waals surface area contributed by atoms with E-state index in [1.807, 2.05) is 25.1 Å². The molecule has 2 aromatic rings. The quantitative estimate of drug-likeness (QED) is 0.921. The maximum Gasteiger partial charge on any atom is 0.228 e. The van der Waals surface area contributed by atoms with Gasteiger partial charge in [-0.3, -0.25) is 4.79 Å². The Morgan fingerprint density at radius 3 is 2.92 bits per heavy atom. The third-order valence-corrected chi connectivity index (χ3v) is 3.79. The molecule has 1 aliphatic rings. The number of hydrogen-bond acceptors (Lipinski definition) is 5. The molecule has 0 atom stereocenters. The summed E-state index contributed by atoms with van der Waals surface area (Å²) >= 11 is 6.20. The van der Waals surface area contributed by atoms with Crippen molar-refractivity contribution in [2.24, 2.45) is 0 Å². The highest BCUT2D eigenvalue weighted by molar-refractivity contribution is 6.32. The summed E-state index contributed by atoms with van der Waals surface area (Å²) in [7, 11) is 3.75. The van der Waals surface area contributed by atoms with Crippen LogP contribution in [0.3, 0.4) is 0 Å². The zero-order valence-corrected chi connectivity index (χ0v) is 14.3. The monoisotopic (exact) mass is 347 g/mol. The Morgan fingerprint density at radius 2 is 2.12 bits per heavy atom. The maximum atomic E-state index is 12.4. The number of hydrogen-bond donors (Lipinski definition) is 1. The second-order valence-electron chi connectivity index (χ2n) is 5.60. The normalized spacial score (nSPS) is 12.6. The van der Waals surface area contributed by atoms with E-state index in [0.29, 0.717) is 41.2 Å². The van der Waals surface area contributed by atoms with Crippen molar-refractivity contribution in [3.8, 4) is 11.5 Å². The molecule has 3 rings (SSSR count). The van der Waals surface area contributed by atoms with Crippen LogP contribution >= 0.6 is 11.6 Å². The number of halogens is 1. The van der Waals surface area contributed by atoms with E-state index in [2.05, 4.69) is 10.3 Å². The van der Waals surface area contributed by atoms with Gasteiger partial charge >= 0.3 is 0 Å². The molecule has 6 nitrogen and oxygen atoms in total. The summed E-state index contributed by atoms with van der Waals surface area (Å²) in [5, 5.41) is 3.33. The van der Waals surface area contributed by atoms with Crippen molar-refractivity contribution >= 4 is 29.0 Å². The molecule has 0 saturated heterocycles. The van der Waals surface area contributed by atoms with Crippen molar-refractivity contribution in [2.75, 3.05) is 37.5 Å². The number of nitrogens with zero attached hydrogens (tertiary/aromatic N) is 2. The average Bonchev–Trinajstić information content (AvgIpc) is 2.55. The van der Waals surface area contributed by atoms with Gasteiger partial charge in [-0.05, 0) is 29.8 Å². The van der Waals surface area contributed by atoms with E-state index in [0.717, 1.165) is 5.56 Å². The van der Waals surface area contributed by atoms with Crippen LogP contribution in [0, 0.1) is 0 Å². The minimum absolute atomic E-state index is 0.154. The molecule has 2 heterocycles. The Balaban J connectivity index is 1.75. The fourth-order valence-corrected chi connectivity index (χ4v) is 2.78. The molecule has 24 heavy (non-hydrogen) atoms. The first-order valence-electron chi connectivity index (χ1n) is 7.55. The Morgan fingerprint density at radius 1 is 1.33 bits per heavy atom. The molecule has 7 heteroatoms. The highest BCUT2D eigenvalue weighted by Gasteiger charge is 2.18. The summed E-state index contributed by atoms with van der Waals surface area (Å²) in [6.07, 6.45) is 1.86. The number of fused-ring (bicyclic) bond motifs is 1. The van der Waals surface area contributed by atoms with Gasteiger partial charge in [-0.25, -0.2) is 4.98 Å². The van der Waals surface area contributed by atoms with Gasteiger partial charge in [0, 0.05) is 20.3 Å². The van der Waals surface area contributed by atoms with Gasteiger partial charge in [-0.15, -0.1) is 0 Å². The van der Waals surface area contributed by atoms with Gasteiger partial charge in [0.15, 0.2) is 17.3 Å². The molecule has 1 aromatic carbocycles. The first kappa shape index (κ1) is 16.4. The van der Waals surface area contributed by atoms with Crippen LogP contribution in [0.15, 0.2) is 30.5 Å². The van der Waals surface area contributed by atoms with Gasteiger partial charge in [0.1, 0.15) is 13.2 Å². The summed E-state index contributed by atoms with van der Waals surface area (Å²) in [4.78, 5) is 18.5. The second kappa shape index (κ2) is 6.97. The zero-order chi connectivity index (χ0) is 17.1. The van der Waals surface area contributed by atoms with E-state index < -0.39 is 0 Å². The van der Waals surface area contributed by atoms with Crippen LogP contribution in [-0.2, 0) is 11.2 Å². The van der Waals surface area contributed by atoms with Crippen LogP contribution < -0.4 is 19.7 Å². The molecule has 1 aliphatic heterocycles. The minimum atomic E-state index is -0.154. The van der Waals surface area contributed by atoms with Gasteiger partial charge in [0.05, 0.1) is 17.1 Å². The maximum absolute atomic E-state index is 12.4. The van der Waals surface area contributed by atoms with E-state index in [4.69, 9.17) is 21.1 Å². The van der Waals surface area contributed by atoms with Gasteiger partial charge in [0.25, 0.3) is 0 Å². The summed E-state index contributed by atoms with van der Waals surface area (Å²) < 4.78 is 11.0. The highest BCUT2D eigenvalue weighted by atomic mass is 35.5. The van der Waals surface area contributed by atoms with Crippen LogP contribution in [0.5, 0.6) is 11.5 Å². The topological polar surface area (TPSA) is 63.7 Å². The third kappa shape index (κ3) is 3.54. The number of rotatable bonds is 4. The number of anilines is 2. The largest absolute Gasteiger partial charge is 0.486 e. The standard InChI is InChI=1S/C17H18ClN3O3/c1-21(2)17-13(4-3-5-19-17)20-15(22)10-11-8-12(18)16-14(9-11)23-6-7-24-16/h3-5,8-9H,6-7,10H2,1-2H3,(H,20,22). The second-order valence-corrected chi connectivity index (χ2v) is 6.00. The van der Waals surface area contributed by atoms with Gasteiger partial charge < -0.3 is 19.7 Å². The summed E-state index contributed by atoms with van der Waals surface area (Å²) in [6, 6.07) is 7.11. The van der Waals surface area contributed by atoms with Crippen molar-refractivity contribution in [1.29, 1.82) is 0 Å². The Bertz CT molecular complexity index is 765. The first-order chi connectivity index (χ1) is 11.5. The molecule has 0 fully saturated rings. The summed E-state index contributed by atoms with van der Waals surface area (Å²) in [5.74, 6) is 1.66. The van der Waals surface area contributed by atoms with Gasteiger partial charge in [-0.2, -0.15) is 0 Å². The number of carbonyl (C=O) groups excluding carboxylic acids is 1. The van der Waals surface area contributed by atoms with Crippen LogP contribution in [-0.4, -0.2) is 38.2 Å². The van der Waals surface area contributed by atoms with E-state index in [9.17, 15) is 4.79 Å². The summed E-state index contributed by atoms with van der Waals surface area (Å²) in [5.41, 5.74) is 1.42. The summed E-state index contributed by atoms with van der Waals surface area (Å²) in [6.45, 7) is 0.946. The molecule has 1 aromatic heterocycles. The fraction of sp³-hybridized carbons (Fsp3) is 0.294. The van der Waals surface area contributed by atoms with Gasteiger partial charge in [-0.1, -0.05) is 11.6 Å². The Kier molecular flexibility index (Phi) is 4.76. The Labute approximate surface area is 145 Å². The van der Waals surface area contributed by atoms with Crippen molar-refractivity contribution in [2.45, 2.75) is 6.42 Å². The van der Waals surface area contributed by atoms with Crippen LogP contribution in [0.1, 0.15) is 5.56 Å². The Hall–Kier alpha value is -2.47. The van der Waals surface area contributed by atoms with Crippen LogP contribution in [0.2, 0.25) is 5.02 Å². The molecular formula is C17H18ClN3O3. The lowest BCUT2D eigenvalue weighted by Crippen LogP contribution is -2.19. The van der Waals surface area contributed by atoms with Gasteiger partial charge in [0.2, 0.25) is 5.91 Å². The average molecular weight is 348 g/mol. The van der Waals surface area contributed by atoms with E-state index >= 15 is 0 Å². The predicted molar refractivity (Wildman–Crippen MR) is 93.3 cm³/mol. The van der Waals surface area contributed by atoms with E-state index in [1.54, 1.807) is 24.4 Å². The lowest BCUT2D eigenvalue weighted by atomic mass is 10.1. The van der Waals surface area contributed by atoms with E-state index in [-0.39, 0.29) is 12.3 Å². The molecule has 1 amide bonds. The number of pyridine rings is 1. The number of nitrogens with one attached hydrogen (secondary N) is 1. The molecule has 1 N–H and O–H groups in total. The molecule has 0 spiro atoms. The molecule has 126 valence electrons. The third-order valence-electron chi connectivity index (χ3n) is 3.51. The van der Waals surface area contributed by atoms with Crippen molar-refractivity contribution in [1.82, 2.24) is 4.98 Å². The molecule has 0 unspecified atom stereocenters. The molecular weight excluding hydrogens is 330 g/mol. The molecule has 0 saturated carbocycles. The first-order valence-corrected chi connectivity index (χ1v) is 7.92. The van der Waals surface area contributed by atoms with Crippen molar-refractivity contribution in [3.05, 3.63) is 41.0 Å². The predicted octanol–water partition coefficient (Wildman–Crippen LogP) is 2.75.